The first kappa shape index (κ1) is 20.8. The zero-order valence-electron chi connectivity index (χ0n) is 17.1. The molecule has 0 unspecified atom stereocenters. The van der Waals surface area contributed by atoms with Gasteiger partial charge in [0.15, 0.2) is 5.82 Å². The molecule has 0 spiro atoms. The Hall–Kier alpha value is -2.92. The summed E-state index contributed by atoms with van der Waals surface area (Å²) in [6.45, 7) is 6.24. The third-order valence-electron chi connectivity index (χ3n) is 4.73. The zero-order valence-corrected chi connectivity index (χ0v) is 17.8. The van der Waals surface area contributed by atoms with E-state index in [0.717, 1.165) is 34.7 Å². The number of hydrogen-bond donors (Lipinski definition) is 0. The molecule has 0 saturated carbocycles. The Balaban J connectivity index is 1.99. The van der Waals surface area contributed by atoms with Crippen LogP contribution in [-0.4, -0.2) is 29.6 Å². The fraction of sp³-hybridized carbons (Fsp3) is 0.261. The monoisotopic (exact) mass is 409 g/mol. The molecule has 3 rings (SSSR count). The number of aryl methyl sites for hydroxylation is 1. The summed E-state index contributed by atoms with van der Waals surface area (Å²) >= 11 is 6.01. The van der Waals surface area contributed by atoms with Crippen LogP contribution in [0, 0.1) is 6.92 Å². The highest BCUT2D eigenvalue weighted by molar-refractivity contribution is 6.30. The smallest absolute Gasteiger partial charge is 0.338 e. The summed E-state index contributed by atoms with van der Waals surface area (Å²) in [5.74, 6) is 1.18. The van der Waals surface area contributed by atoms with Gasteiger partial charge in [-0.3, -0.25) is 0 Å². The van der Waals surface area contributed by atoms with Gasteiger partial charge in [-0.1, -0.05) is 18.5 Å². The van der Waals surface area contributed by atoms with Crippen molar-refractivity contribution in [2.45, 2.75) is 27.2 Å². The molecule has 0 bridgehead atoms. The van der Waals surface area contributed by atoms with Gasteiger partial charge in [0.25, 0.3) is 0 Å². The topological polar surface area (TPSA) is 55.3 Å². The molecule has 0 saturated heterocycles. The first-order valence-electron chi connectivity index (χ1n) is 9.59. The van der Waals surface area contributed by atoms with Gasteiger partial charge in [0.1, 0.15) is 5.82 Å². The van der Waals surface area contributed by atoms with Gasteiger partial charge in [0.05, 0.1) is 12.2 Å². The largest absolute Gasteiger partial charge is 0.462 e. The molecular formula is C23H24ClN3O2. The fourth-order valence-electron chi connectivity index (χ4n) is 3.16. The van der Waals surface area contributed by atoms with Crippen LogP contribution in [0.15, 0.2) is 48.5 Å². The Morgan fingerprint density at radius 1 is 1.03 bits per heavy atom. The van der Waals surface area contributed by atoms with Crippen LogP contribution in [0.2, 0.25) is 5.02 Å². The number of aromatic nitrogens is 2. The molecule has 3 aromatic rings. The lowest BCUT2D eigenvalue weighted by Gasteiger charge is -2.23. The fourth-order valence-corrected chi connectivity index (χ4v) is 3.28. The minimum absolute atomic E-state index is 0.321. The molecule has 5 nitrogen and oxygen atoms in total. The Kier molecular flexibility index (Phi) is 6.49. The second-order valence-electron chi connectivity index (χ2n) is 6.62. The highest BCUT2D eigenvalue weighted by Gasteiger charge is 2.17. The number of rotatable bonds is 6. The predicted molar refractivity (Wildman–Crippen MR) is 117 cm³/mol. The van der Waals surface area contributed by atoms with Crippen LogP contribution >= 0.6 is 11.6 Å². The number of carbonyl (C=O) groups is 1. The Labute approximate surface area is 176 Å². The lowest BCUT2D eigenvalue weighted by atomic mass is 10.1. The predicted octanol–water partition coefficient (Wildman–Crippen LogP) is 5.61. The summed E-state index contributed by atoms with van der Waals surface area (Å²) in [5, 5.41) is 0.676. The number of ether oxygens (including phenoxy) is 1. The van der Waals surface area contributed by atoms with E-state index >= 15 is 0 Å². The molecule has 0 atom stereocenters. The second kappa shape index (κ2) is 9.05. The van der Waals surface area contributed by atoms with Crippen molar-refractivity contribution in [2.24, 2.45) is 0 Å². The molecule has 1 aromatic heterocycles. The van der Waals surface area contributed by atoms with E-state index in [-0.39, 0.29) is 5.97 Å². The molecule has 150 valence electrons. The Morgan fingerprint density at radius 3 is 2.28 bits per heavy atom. The molecule has 2 aromatic carbocycles. The molecule has 0 radical (unpaired) electrons. The SMILES string of the molecule is CCOC(=O)c1ccc(N(C)c2nc(-c3ccc(Cl)cc3)nc(C)c2CC)cc1. The summed E-state index contributed by atoms with van der Waals surface area (Å²) in [4.78, 5) is 23.5. The van der Waals surface area contributed by atoms with Crippen molar-refractivity contribution < 1.29 is 9.53 Å². The van der Waals surface area contributed by atoms with Crippen LogP contribution in [0.1, 0.15) is 35.5 Å². The van der Waals surface area contributed by atoms with E-state index in [2.05, 4.69) is 6.92 Å². The zero-order chi connectivity index (χ0) is 21.0. The van der Waals surface area contributed by atoms with Crippen molar-refractivity contribution in [3.05, 3.63) is 70.4 Å². The van der Waals surface area contributed by atoms with E-state index in [1.54, 1.807) is 19.1 Å². The Morgan fingerprint density at radius 2 is 1.69 bits per heavy atom. The summed E-state index contributed by atoms with van der Waals surface area (Å²) in [7, 11) is 1.96. The van der Waals surface area contributed by atoms with Gasteiger partial charge in [-0.05, 0) is 68.8 Å². The summed E-state index contributed by atoms with van der Waals surface area (Å²) < 4.78 is 5.06. The van der Waals surface area contributed by atoms with Gasteiger partial charge in [0, 0.05) is 34.6 Å². The van der Waals surface area contributed by atoms with Crippen molar-refractivity contribution in [2.75, 3.05) is 18.6 Å². The van der Waals surface area contributed by atoms with E-state index in [4.69, 9.17) is 26.3 Å². The van der Waals surface area contributed by atoms with Gasteiger partial charge in [0.2, 0.25) is 0 Å². The van der Waals surface area contributed by atoms with Gasteiger partial charge >= 0.3 is 5.97 Å². The summed E-state index contributed by atoms with van der Waals surface area (Å²) in [5.41, 5.74) is 4.39. The average molecular weight is 410 g/mol. The van der Waals surface area contributed by atoms with Crippen molar-refractivity contribution in [3.63, 3.8) is 0 Å². The van der Waals surface area contributed by atoms with Gasteiger partial charge < -0.3 is 9.64 Å². The number of carbonyl (C=O) groups excluding carboxylic acids is 1. The third kappa shape index (κ3) is 4.57. The van der Waals surface area contributed by atoms with Crippen molar-refractivity contribution in [3.8, 4) is 11.4 Å². The maximum atomic E-state index is 11.9. The van der Waals surface area contributed by atoms with Crippen LogP contribution in [0.3, 0.4) is 0 Å². The van der Waals surface area contributed by atoms with Crippen LogP contribution < -0.4 is 4.90 Å². The maximum Gasteiger partial charge on any atom is 0.338 e. The molecule has 1 heterocycles. The lowest BCUT2D eigenvalue weighted by Crippen LogP contribution is -2.16. The maximum absolute atomic E-state index is 11.9. The van der Waals surface area contributed by atoms with Crippen molar-refractivity contribution >= 4 is 29.1 Å². The van der Waals surface area contributed by atoms with Crippen molar-refractivity contribution in [1.29, 1.82) is 0 Å². The highest BCUT2D eigenvalue weighted by Crippen LogP contribution is 2.30. The standard InChI is InChI=1S/C23H24ClN3O2/c1-5-20-15(3)25-21(16-7-11-18(24)12-8-16)26-22(20)27(4)19-13-9-17(10-14-19)23(28)29-6-2/h7-14H,5-6H2,1-4H3. The summed E-state index contributed by atoms with van der Waals surface area (Å²) in [6.07, 6.45) is 0.813. The third-order valence-corrected chi connectivity index (χ3v) is 4.98. The lowest BCUT2D eigenvalue weighted by molar-refractivity contribution is 0.0526. The molecule has 0 amide bonds. The molecule has 6 heteroatoms. The molecule has 29 heavy (non-hydrogen) atoms. The number of anilines is 2. The molecule has 0 aliphatic heterocycles. The number of nitrogens with zero attached hydrogens (tertiary/aromatic N) is 3. The summed E-state index contributed by atoms with van der Waals surface area (Å²) in [6, 6.07) is 14.8. The van der Waals surface area contributed by atoms with E-state index in [9.17, 15) is 4.79 Å². The van der Waals surface area contributed by atoms with Gasteiger partial charge in [-0.2, -0.15) is 0 Å². The van der Waals surface area contributed by atoms with Crippen LogP contribution in [0.5, 0.6) is 0 Å². The minimum atomic E-state index is -0.321. The van der Waals surface area contributed by atoms with Crippen molar-refractivity contribution in [1.82, 2.24) is 9.97 Å². The van der Waals surface area contributed by atoms with Gasteiger partial charge in [-0.15, -0.1) is 0 Å². The van der Waals surface area contributed by atoms with Crippen LogP contribution in [0.25, 0.3) is 11.4 Å². The quantitative estimate of drug-likeness (QED) is 0.495. The first-order valence-corrected chi connectivity index (χ1v) is 9.96. The Bertz CT molecular complexity index is 1000. The second-order valence-corrected chi connectivity index (χ2v) is 7.06. The van der Waals surface area contributed by atoms with E-state index in [1.165, 1.54) is 0 Å². The normalized spacial score (nSPS) is 10.7. The van der Waals surface area contributed by atoms with E-state index in [0.29, 0.717) is 23.0 Å². The molecule has 0 N–H and O–H groups in total. The van der Waals surface area contributed by atoms with Gasteiger partial charge in [-0.25, -0.2) is 14.8 Å². The molecular weight excluding hydrogens is 386 g/mol. The average Bonchev–Trinajstić information content (AvgIpc) is 2.73. The number of halogens is 1. The first-order chi connectivity index (χ1) is 13.9. The number of esters is 1. The molecule has 0 aliphatic carbocycles. The number of benzene rings is 2. The highest BCUT2D eigenvalue weighted by atomic mass is 35.5. The van der Waals surface area contributed by atoms with Crippen LogP contribution in [0.4, 0.5) is 11.5 Å². The van der Waals surface area contributed by atoms with E-state index < -0.39 is 0 Å². The minimum Gasteiger partial charge on any atom is -0.462 e. The molecule has 0 aliphatic rings. The molecule has 0 fully saturated rings. The van der Waals surface area contributed by atoms with E-state index in [1.807, 2.05) is 55.3 Å². The van der Waals surface area contributed by atoms with Crippen LogP contribution in [-0.2, 0) is 11.2 Å². The number of hydrogen-bond acceptors (Lipinski definition) is 5.